The molecular formula is C24H23N3O2. The number of nitrogens with one attached hydrogen (secondary N) is 1. The van der Waals surface area contributed by atoms with Crippen LogP contribution in [0.1, 0.15) is 22.4 Å². The average Bonchev–Trinajstić information content (AvgIpc) is 3.09. The van der Waals surface area contributed by atoms with Crippen LogP contribution in [0.2, 0.25) is 0 Å². The van der Waals surface area contributed by atoms with Crippen LogP contribution in [0, 0.1) is 32.1 Å². The van der Waals surface area contributed by atoms with Crippen molar-refractivity contribution in [1.82, 2.24) is 4.57 Å². The fraction of sp³-hybridized carbons (Fsp3) is 0.167. The molecule has 0 atom stereocenters. The molecule has 0 bridgehead atoms. The molecule has 3 aromatic rings. The van der Waals surface area contributed by atoms with Crippen LogP contribution in [-0.2, 0) is 4.79 Å². The molecule has 0 aliphatic rings. The minimum atomic E-state index is -0.420. The minimum absolute atomic E-state index is 0.0535. The van der Waals surface area contributed by atoms with E-state index in [2.05, 4.69) is 5.32 Å². The molecule has 0 unspecified atom stereocenters. The number of nitrogens with zero attached hydrogens (tertiary/aromatic N) is 2. The van der Waals surface area contributed by atoms with Crippen molar-refractivity contribution in [2.75, 3.05) is 12.4 Å². The van der Waals surface area contributed by atoms with Crippen molar-refractivity contribution in [3.8, 4) is 17.5 Å². The summed E-state index contributed by atoms with van der Waals surface area (Å²) in [5, 5.41) is 12.3. The Kier molecular flexibility index (Phi) is 5.85. The van der Waals surface area contributed by atoms with Gasteiger partial charge in [-0.25, -0.2) is 0 Å². The molecule has 0 spiro atoms. The highest BCUT2D eigenvalue weighted by Gasteiger charge is 2.12. The maximum atomic E-state index is 12.6. The van der Waals surface area contributed by atoms with Crippen molar-refractivity contribution in [2.45, 2.75) is 20.8 Å². The van der Waals surface area contributed by atoms with Gasteiger partial charge in [0, 0.05) is 23.3 Å². The van der Waals surface area contributed by atoms with E-state index in [0.29, 0.717) is 5.69 Å². The number of aromatic nitrogens is 1. The molecule has 2 aromatic carbocycles. The van der Waals surface area contributed by atoms with Gasteiger partial charge in [-0.2, -0.15) is 5.26 Å². The van der Waals surface area contributed by atoms with Gasteiger partial charge in [-0.1, -0.05) is 12.1 Å². The Labute approximate surface area is 170 Å². The van der Waals surface area contributed by atoms with E-state index in [1.165, 1.54) is 0 Å². The van der Waals surface area contributed by atoms with E-state index in [4.69, 9.17) is 4.74 Å². The summed E-state index contributed by atoms with van der Waals surface area (Å²) >= 11 is 0. The highest BCUT2D eigenvalue weighted by molar-refractivity contribution is 6.10. The quantitative estimate of drug-likeness (QED) is 0.499. The van der Waals surface area contributed by atoms with E-state index in [1.807, 2.05) is 86.1 Å². The third kappa shape index (κ3) is 4.39. The maximum Gasteiger partial charge on any atom is 0.266 e. The Hall–Kier alpha value is -3.78. The number of amides is 1. The van der Waals surface area contributed by atoms with E-state index >= 15 is 0 Å². The third-order valence-corrected chi connectivity index (χ3v) is 4.91. The second kappa shape index (κ2) is 8.49. The molecule has 146 valence electrons. The topological polar surface area (TPSA) is 67.0 Å². The van der Waals surface area contributed by atoms with Gasteiger partial charge in [0.15, 0.2) is 0 Å². The molecular weight excluding hydrogens is 362 g/mol. The van der Waals surface area contributed by atoms with Crippen LogP contribution in [0.4, 0.5) is 5.69 Å². The Morgan fingerprint density at radius 1 is 1.14 bits per heavy atom. The first-order valence-corrected chi connectivity index (χ1v) is 9.25. The van der Waals surface area contributed by atoms with Crippen molar-refractivity contribution in [2.24, 2.45) is 0 Å². The van der Waals surface area contributed by atoms with E-state index in [-0.39, 0.29) is 5.57 Å². The van der Waals surface area contributed by atoms with Crippen LogP contribution in [0.15, 0.2) is 60.3 Å². The summed E-state index contributed by atoms with van der Waals surface area (Å²) in [5.41, 5.74) is 5.58. The number of carbonyl (C=O) groups is 1. The normalized spacial score (nSPS) is 11.1. The van der Waals surface area contributed by atoms with Crippen molar-refractivity contribution in [3.63, 3.8) is 0 Å². The molecule has 1 aromatic heterocycles. The van der Waals surface area contributed by atoms with Crippen LogP contribution in [0.5, 0.6) is 5.75 Å². The minimum Gasteiger partial charge on any atom is -0.497 e. The number of hydrogen-bond acceptors (Lipinski definition) is 3. The Morgan fingerprint density at radius 3 is 2.52 bits per heavy atom. The summed E-state index contributed by atoms with van der Waals surface area (Å²) in [7, 11) is 1.63. The fourth-order valence-corrected chi connectivity index (χ4v) is 3.09. The van der Waals surface area contributed by atoms with E-state index in [9.17, 15) is 10.1 Å². The first kappa shape index (κ1) is 20.0. The van der Waals surface area contributed by atoms with Gasteiger partial charge >= 0.3 is 0 Å². The van der Waals surface area contributed by atoms with E-state index in [0.717, 1.165) is 33.8 Å². The summed E-state index contributed by atoms with van der Waals surface area (Å²) in [4.78, 5) is 12.6. The van der Waals surface area contributed by atoms with Crippen LogP contribution in [0.3, 0.4) is 0 Å². The first-order valence-electron chi connectivity index (χ1n) is 9.25. The lowest BCUT2D eigenvalue weighted by Gasteiger charge is -2.09. The number of nitriles is 1. The summed E-state index contributed by atoms with van der Waals surface area (Å²) in [6, 6.07) is 17.3. The molecule has 1 N–H and O–H groups in total. The van der Waals surface area contributed by atoms with E-state index < -0.39 is 5.91 Å². The summed E-state index contributed by atoms with van der Waals surface area (Å²) < 4.78 is 7.20. The average molecular weight is 385 g/mol. The number of carbonyl (C=O) groups excluding carboxylic acids is 1. The van der Waals surface area contributed by atoms with Gasteiger partial charge < -0.3 is 14.6 Å². The number of hydrogen-bond donors (Lipinski definition) is 1. The van der Waals surface area contributed by atoms with Gasteiger partial charge in [0.1, 0.15) is 17.4 Å². The largest absolute Gasteiger partial charge is 0.497 e. The predicted molar refractivity (Wildman–Crippen MR) is 115 cm³/mol. The second-order valence-corrected chi connectivity index (χ2v) is 6.85. The van der Waals surface area contributed by atoms with Gasteiger partial charge in [0.25, 0.3) is 5.91 Å². The molecule has 5 heteroatoms. The van der Waals surface area contributed by atoms with Gasteiger partial charge in [-0.3, -0.25) is 4.79 Å². The van der Waals surface area contributed by atoms with Gasteiger partial charge in [0.05, 0.1) is 7.11 Å². The number of rotatable bonds is 5. The highest BCUT2D eigenvalue weighted by atomic mass is 16.5. The molecule has 0 aliphatic carbocycles. The maximum absolute atomic E-state index is 12.6. The van der Waals surface area contributed by atoms with Crippen LogP contribution in [0.25, 0.3) is 11.8 Å². The van der Waals surface area contributed by atoms with E-state index in [1.54, 1.807) is 13.2 Å². The molecule has 1 amide bonds. The Balaban J connectivity index is 1.86. The van der Waals surface area contributed by atoms with Crippen molar-refractivity contribution < 1.29 is 9.53 Å². The number of methoxy groups -OCH3 is 1. The van der Waals surface area contributed by atoms with Crippen molar-refractivity contribution >= 4 is 17.7 Å². The number of aryl methyl sites for hydroxylation is 2. The zero-order valence-electron chi connectivity index (χ0n) is 17.0. The van der Waals surface area contributed by atoms with Crippen molar-refractivity contribution in [1.29, 1.82) is 5.26 Å². The monoisotopic (exact) mass is 385 g/mol. The second-order valence-electron chi connectivity index (χ2n) is 6.85. The Bertz CT molecular complexity index is 1120. The van der Waals surface area contributed by atoms with Crippen LogP contribution in [-0.4, -0.2) is 17.6 Å². The zero-order chi connectivity index (χ0) is 21.0. The summed E-state index contributed by atoms with van der Waals surface area (Å²) in [6.45, 7) is 5.90. The molecule has 0 aliphatic heterocycles. The molecule has 3 rings (SSSR count). The molecule has 29 heavy (non-hydrogen) atoms. The predicted octanol–water partition coefficient (Wildman–Crippen LogP) is 4.96. The standard InChI is InChI=1S/C24H23N3O2/c1-16-6-5-7-23(18(16)3)26-24(28)20(14-25)13-19-12-17(2)27(15-19)21-8-10-22(29-4)11-9-21/h5-13,15H,1-4H3,(H,26,28)/b20-13+. The van der Waals surface area contributed by atoms with Crippen molar-refractivity contribution in [3.05, 3.63) is 82.7 Å². The molecule has 5 nitrogen and oxygen atoms in total. The van der Waals surface area contributed by atoms with Crippen LogP contribution >= 0.6 is 0 Å². The summed E-state index contributed by atoms with van der Waals surface area (Å²) in [5.74, 6) is 0.365. The highest BCUT2D eigenvalue weighted by Crippen LogP contribution is 2.22. The van der Waals surface area contributed by atoms with Gasteiger partial charge in [-0.05, 0) is 79.9 Å². The number of benzene rings is 2. The SMILES string of the molecule is COc1ccc(-n2cc(/C=C(\C#N)C(=O)Nc3cccc(C)c3C)cc2C)cc1. The number of ether oxygens (including phenoxy) is 1. The van der Waals surface area contributed by atoms with Crippen LogP contribution < -0.4 is 10.1 Å². The summed E-state index contributed by atoms with van der Waals surface area (Å²) in [6.07, 6.45) is 3.51. The lowest BCUT2D eigenvalue weighted by molar-refractivity contribution is -0.112. The smallest absolute Gasteiger partial charge is 0.266 e. The van der Waals surface area contributed by atoms with Gasteiger partial charge in [0.2, 0.25) is 0 Å². The zero-order valence-corrected chi connectivity index (χ0v) is 17.0. The van der Waals surface area contributed by atoms with Gasteiger partial charge in [-0.15, -0.1) is 0 Å². The molecule has 1 heterocycles. The molecule has 0 saturated heterocycles. The molecule has 0 fully saturated rings. The first-order chi connectivity index (χ1) is 13.9. The fourth-order valence-electron chi connectivity index (χ4n) is 3.09. The Morgan fingerprint density at radius 2 is 1.86 bits per heavy atom. The molecule has 0 saturated carbocycles. The number of anilines is 1. The lowest BCUT2D eigenvalue weighted by atomic mass is 10.1. The lowest BCUT2D eigenvalue weighted by Crippen LogP contribution is -2.14. The molecule has 0 radical (unpaired) electrons. The third-order valence-electron chi connectivity index (χ3n) is 4.91.